The van der Waals surface area contributed by atoms with Crippen LogP contribution in [0.2, 0.25) is 0 Å². The molecule has 0 aliphatic rings. The fraction of sp³-hybridized carbons (Fsp3) is 0. The number of rotatable bonds is 1. The van der Waals surface area contributed by atoms with Crippen molar-refractivity contribution in [3.05, 3.63) is 60.3 Å². The highest BCUT2D eigenvalue weighted by atomic mass is 16.3. The van der Waals surface area contributed by atoms with Crippen LogP contribution in [0.1, 0.15) is 17.1 Å². The molecule has 2 aromatic rings. The second kappa shape index (κ2) is 4.30. The first-order valence-electron chi connectivity index (χ1n) is 4.53. The Morgan fingerprint density at radius 3 is 2.67 bits per heavy atom. The summed E-state index contributed by atoms with van der Waals surface area (Å²) in [6.07, 6.45) is 3.15. The van der Waals surface area contributed by atoms with E-state index >= 15 is 0 Å². The number of oxazole rings is 1. The number of hydrogen-bond donors (Lipinski definition) is 0. The summed E-state index contributed by atoms with van der Waals surface area (Å²) >= 11 is 0. The minimum absolute atomic E-state index is 0.411. The van der Waals surface area contributed by atoms with E-state index in [0.717, 1.165) is 5.56 Å². The Hall–Kier alpha value is -2.27. The molecule has 72 valence electrons. The molecule has 2 heteroatoms. The standard InChI is InChI=1S/C13H9NO/c1-2-12-10-15-13(14-12)9-8-11-6-4-3-5-7-11/h2-7,10H,1H2. The van der Waals surface area contributed by atoms with Crippen LogP contribution in [-0.2, 0) is 0 Å². The van der Waals surface area contributed by atoms with E-state index in [2.05, 4.69) is 23.4 Å². The first-order chi connectivity index (χ1) is 7.38. The molecule has 1 aromatic carbocycles. The molecule has 0 unspecified atom stereocenters. The van der Waals surface area contributed by atoms with Crippen molar-refractivity contribution in [2.24, 2.45) is 0 Å². The molecular formula is C13H9NO. The highest BCUT2D eigenvalue weighted by molar-refractivity contribution is 5.42. The smallest absolute Gasteiger partial charge is 0.274 e. The lowest BCUT2D eigenvalue weighted by Crippen LogP contribution is -1.75. The largest absolute Gasteiger partial charge is 0.438 e. The quantitative estimate of drug-likeness (QED) is 0.654. The molecule has 0 fully saturated rings. The summed E-state index contributed by atoms with van der Waals surface area (Å²) in [5, 5.41) is 0. The Morgan fingerprint density at radius 2 is 2.00 bits per heavy atom. The van der Waals surface area contributed by atoms with Gasteiger partial charge in [-0.2, -0.15) is 0 Å². The maximum absolute atomic E-state index is 5.12. The van der Waals surface area contributed by atoms with Crippen LogP contribution in [0.3, 0.4) is 0 Å². The number of benzene rings is 1. The van der Waals surface area contributed by atoms with Gasteiger partial charge in [-0.05, 0) is 24.1 Å². The van der Waals surface area contributed by atoms with Crippen molar-refractivity contribution >= 4 is 6.08 Å². The second-order valence-electron chi connectivity index (χ2n) is 2.90. The van der Waals surface area contributed by atoms with Crippen LogP contribution in [0.5, 0.6) is 0 Å². The van der Waals surface area contributed by atoms with Crippen molar-refractivity contribution in [1.82, 2.24) is 4.98 Å². The third-order valence-electron chi connectivity index (χ3n) is 1.82. The van der Waals surface area contributed by atoms with Crippen LogP contribution >= 0.6 is 0 Å². The van der Waals surface area contributed by atoms with E-state index < -0.39 is 0 Å². The normalized spacial score (nSPS) is 9.07. The Labute approximate surface area is 88.3 Å². The lowest BCUT2D eigenvalue weighted by molar-refractivity contribution is 0.543. The zero-order valence-electron chi connectivity index (χ0n) is 8.10. The average Bonchev–Trinajstić information content (AvgIpc) is 2.76. The third kappa shape index (κ3) is 2.35. The summed E-state index contributed by atoms with van der Waals surface area (Å²) in [4.78, 5) is 4.09. The van der Waals surface area contributed by atoms with Gasteiger partial charge in [0.25, 0.3) is 5.89 Å². The summed E-state index contributed by atoms with van der Waals surface area (Å²) in [6.45, 7) is 3.59. The predicted octanol–water partition coefficient (Wildman–Crippen LogP) is 2.72. The van der Waals surface area contributed by atoms with Gasteiger partial charge in [-0.3, -0.25) is 0 Å². The molecule has 0 N–H and O–H groups in total. The van der Waals surface area contributed by atoms with E-state index in [1.807, 2.05) is 30.3 Å². The Bertz CT molecular complexity index is 514. The van der Waals surface area contributed by atoms with Crippen LogP contribution in [0.25, 0.3) is 6.08 Å². The third-order valence-corrected chi connectivity index (χ3v) is 1.82. The fourth-order valence-corrected chi connectivity index (χ4v) is 1.08. The zero-order chi connectivity index (χ0) is 10.5. The van der Waals surface area contributed by atoms with Gasteiger partial charge in [-0.25, -0.2) is 4.98 Å². The maximum atomic E-state index is 5.12. The van der Waals surface area contributed by atoms with E-state index in [0.29, 0.717) is 11.6 Å². The molecule has 0 saturated heterocycles. The summed E-state index contributed by atoms with van der Waals surface area (Å²) in [5.74, 6) is 6.21. The first kappa shape index (κ1) is 9.29. The van der Waals surface area contributed by atoms with Crippen molar-refractivity contribution in [3.8, 4) is 11.8 Å². The highest BCUT2D eigenvalue weighted by Gasteiger charge is 1.95. The molecule has 0 saturated carbocycles. The molecule has 0 spiro atoms. The van der Waals surface area contributed by atoms with Crippen molar-refractivity contribution < 1.29 is 4.42 Å². The maximum Gasteiger partial charge on any atom is 0.274 e. The number of aromatic nitrogens is 1. The number of nitrogens with zero attached hydrogens (tertiary/aromatic N) is 1. The Balaban J connectivity index is 2.22. The lowest BCUT2D eigenvalue weighted by Gasteiger charge is -1.84. The monoisotopic (exact) mass is 195 g/mol. The van der Waals surface area contributed by atoms with Gasteiger partial charge in [0.15, 0.2) is 0 Å². The van der Waals surface area contributed by atoms with Crippen LogP contribution in [0.15, 0.2) is 47.6 Å². The molecule has 0 atom stereocenters. The van der Waals surface area contributed by atoms with Gasteiger partial charge in [-0.1, -0.05) is 30.7 Å². The fourth-order valence-electron chi connectivity index (χ4n) is 1.08. The minimum Gasteiger partial charge on any atom is -0.438 e. The van der Waals surface area contributed by atoms with Crippen LogP contribution in [0, 0.1) is 11.8 Å². The van der Waals surface area contributed by atoms with Crippen LogP contribution in [-0.4, -0.2) is 4.98 Å². The van der Waals surface area contributed by atoms with Gasteiger partial charge in [0.05, 0.1) is 0 Å². The Kier molecular flexibility index (Phi) is 2.66. The minimum atomic E-state index is 0.411. The predicted molar refractivity (Wildman–Crippen MR) is 59.0 cm³/mol. The van der Waals surface area contributed by atoms with Gasteiger partial charge in [0, 0.05) is 5.56 Å². The molecule has 0 aliphatic carbocycles. The summed E-state index contributed by atoms with van der Waals surface area (Å²) < 4.78 is 5.12. The van der Waals surface area contributed by atoms with E-state index in [1.54, 1.807) is 6.08 Å². The molecular weight excluding hydrogens is 186 g/mol. The molecule has 0 amide bonds. The van der Waals surface area contributed by atoms with Gasteiger partial charge in [0.1, 0.15) is 12.0 Å². The van der Waals surface area contributed by atoms with Crippen molar-refractivity contribution in [2.75, 3.05) is 0 Å². The summed E-state index contributed by atoms with van der Waals surface area (Å²) in [6, 6.07) is 9.70. The summed E-state index contributed by atoms with van der Waals surface area (Å²) in [5.41, 5.74) is 1.64. The number of hydrogen-bond acceptors (Lipinski definition) is 2. The molecule has 0 radical (unpaired) electrons. The van der Waals surface area contributed by atoms with Gasteiger partial charge in [-0.15, -0.1) is 0 Å². The van der Waals surface area contributed by atoms with E-state index in [1.165, 1.54) is 6.26 Å². The molecule has 1 heterocycles. The molecule has 2 nitrogen and oxygen atoms in total. The van der Waals surface area contributed by atoms with Crippen molar-refractivity contribution in [1.29, 1.82) is 0 Å². The average molecular weight is 195 g/mol. The van der Waals surface area contributed by atoms with Gasteiger partial charge in [0.2, 0.25) is 0 Å². The topological polar surface area (TPSA) is 26.0 Å². The SMILES string of the molecule is C=Cc1coc(C#Cc2ccccc2)n1. The molecule has 1 aromatic heterocycles. The van der Waals surface area contributed by atoms with Crippen molar-refractivity contribution in [3.63, 3.8) is 0 Å². The highest BCUT2D eigenvalue weighted by Crippen LogP contribution is 2.02. The van der Waals surface area contributed by atoms with Crippen molar-refractivity contribution in [2.45, 2.75) is 0 Å². The summed E-state index contributed by atoms with van der Waals surface area (Å²) in [7, 11) is 0. The van der Waals surface area contributed by atoms with Crippen LogP contribution < -0.4 is 0 Å². The molecule has 0 aliphatic heterocycles. The molecule has 15 heavy (non-hydrogen) atoms. The molecule has 2 rings (SSSR count). The van der Waals surface area contributed by atoms with E-state index in [-0.39, 0.29) is 0 Å². The molecule has 0 bridgehead atoms. The van der Waals surface area contributed by atoms with E-state index in [4.69, 9.17) is 4.42 Å². The van der Waals surface area contributed by atoms with Gasteiger partial charge < -0.3 is 4.42 Å². The lowest BCUT2D eigenvalue weighted by atomic mass is 10.2. The van der Waals surface area contributed by atoms with Gasteiger partial charge >= 0.3 is 0 Å². The Morgan fingerprint density at radius 1 is 1.20 bits per heavy atom. The first-order valence-corrected chi connectivity index (χ1v) is 4.53. The van der Waals surface area contributed by atoms with E-state index in [9.17, 15) is 0 Å². The zero-order valence-corrected chi connectivity index (χ0v) is 8.10. The van der Waals surface area contributed by atoms with Crippen LogP contribution in [0.4, 0.5) is 0 Å². The second-order valence-corrected chi connectivity index (χ2v) is 2.90.